The minimum atomic E-state index is -0.910. The van der Waals surface area contributed by atoms with Crippen LogP contribution in [0.2, 0.25) is 0 Å². The molecule has 24 heavy (non-hydrogen) atoms. The standard InChI is InChI=1S/C17H14F2N2O3/c1-20-16(22)15-9-21(13-4-2-3-5-14(13)24-15)17(23)10-6-11(18)8-12(19)7-10/h2-8,15H,9H2,1H3,(H,20,22)/t15-/m0/s1. The fourth-order valence-electron chi connectivity index (χ4n) is 2.56. The summed E-state index contributed by atoms with van der Waals surface area (Å²) in [7, 11) is 1.46. The number of benzene rings is 2. The lowest BCUT2D eigenvalue weighted by Gasteiger charge is -2.34. The smallest absolute Gasteiger partial charge is 0.262 e. The fraction of sp³-hybridized carbons (Fsp3) is 0.176. The molecule has 0 bridgehead atoms. The highest BCUT2D eigenvalue weighted by Gasteiger charge is 2.33. The van der Waals surface area contributed by atoms with Gasteiger partial charge in [0.05, 0.1) is 12.2 Å². The van der Waals surface area contributed by atoms with Crippen molar-refractivity contribution >= 4 is 17.5 Å². The van der Waals surface area contributed by atoms with Gasteiger partial charge in [0.1, 0.15) is 17.4 Å². The predicted octanol–water partition coefficient (Wildman–Crippen LogP) is 2.12. The second kappa shape index (κ2) is 6.27. The van der Waals surface area contributed by atoms with Crippen LogP contribution in [0.15, 0.2) is 42.5 Å². The van der Waals surface area contributed by atoms with Crippen LogP contribution in [0.25, 0.3) is 0 Å². The van der Waals surface area contributed by atoms with Gasteiger partial charge in [0.25, 0.3) is 11.8 Å². The number of carbonyl (C=O) groups excluding carboxylic acids is 2. The van der Waals surface area contributed by atoms with Crippen molar-refractivity contribution in [1.82, 2.24) is 5.32 Å². The van der Waals surface area contributed by atoms with Gasteiger partial charge >= 0.3 is 0 Å². The summed E-state index contributed by atoms with van der Waals surface area (Å²) in [6, 6.07) is 9.28. The average molecular weight is 332 g/mol. The van der Waals surface area contributed by atoms with Crippen molar-refractivity contribution < 1.29 is 23.1 Å². The largest absolute Gasteiger partial charge is 0.477 e. The van der Waals surface area contributed by atoms with Gasteiger partial charge in [0.15, 0.2) is 6.10 Å². The molecule has 0 fully saturated rings. The van der Waals surface area contributed by atoms with E-state index in [4.69, 9.17) is 4.74 Å². The van der Waals surface area contributed by atoms with E-state index in [1.807, 2.05) is 0 Å². The van der Waals surface area contributed by atoms with Gasteiger partial charge in [-0.15, -0.1) is 0 Å². The Balaban J connectivity index is 2.01. The number of nitrogens with one attached hydrogen (secondary N) is 1. The van der Waals surface area contributed by atoms with Crippen molar-refractivity contribution in [3.8, 4) is 5.75 Å². The average Bonchev–Trinajstić information content (AvgIpc) is 2.58. The number of para-hydroxylation sites is 2. The summed E-state index contributed by atoms with van der Waals surface area (Å²) in [5, 5.41) is 2.46. The Morgan fingerprint density at radius 1 is 1.17 bits per heavy atom. The van der Waals surface area contributed by atoms with Crippen molar-refractivity contribution in [2.75, 3.05) is 18.5 Å². The zero-order valence-electron chi connectivity index (χ0n) is 12.8. The summed E-state index contributed by atoms with van der Waals surface area (Å²) in [5.74, 6) is -2.35. The molecule has 3 rings (SSSR count). The second-order valence-electron chi connectivity index (χ2n) is 5.26. The molecule has 0 aliphatic carbocycles. The van der Waals surface area contributed by atoms with Crippen LogP contribution < -0.4 is 15.0 Å². The maximum Gasteiger partial charge on any atom is 0.262 e. The van der Waals surface area contributed by atoms with Crippen LogP contribution in [-0.4, -0.2) is 31.5 Å². The number of hydrogen-bond donors (Lipinski definition) is 1. The first-order chi connectivity index (χ1) is 11.5. The van der Waals surface area contributed by atoms with E-state index in [9.17, 15) is 18.4 Å². The Morgan fingerprint density at radius 3 is 2.50 bits per heavy atom. The molecular formula is C17H14F2N2O3. The van der Waals surface area contributed by atoms with Gasteiger partial charge in [0.2, 0.25) is 0 Å². The first kappa shape index (κ1) is 15.9. The molecule has 0 saturated heterocycles. The molecule has 0 saturated carbocycles. The molecule has 0 spiro atoms. The highest BCUT2D eigenvalue weighted by molar-refractivity contribution is 6.07. The van der Waals surface area contributed by atoms with Crippen LogP contribution in [0.4, 0.5) is 14.5 Å². The lowest BCUT2D eigenvalue weighted by Crippen LogP contribution is -2.50. The van der Waals surface area contributed by atoms with Gasteiger partial charge in [0, 0.05) is 18.7 Å². The fourth-order valence-corrected chi connectivity index (χ4v) is 2.56. The van der Waals surface area contributed by atoms with E-state index in [2.05, 4.69) is 5.32 Å². The normalized spacial score (nSPS) is 16.1. The number of rotatable bonds is 2. The summed E-state index contributed by atoms with van der Waals surface area (Å²) in [4.78, 5) is 25.9. The summed E-state index contributed by atoms with van der Waals surface area (Å²) < 4.78 is 32.4. The van der Waals surface area contributed by atoms with Crippen LogP contribution in [0.3, 0.4) is 0 Å². The molecule has 1 heterocycles. The zero-order valence-corrected chi connectivity index (χ0v) is 12.8. The summed E-state index contributed by atoms with van der Waals surface area (Å²) >= 11 is 0. The third kappa shape index (κ3) is 2.92. The Hall–Kier alpha value is -2.96. The highest BCUT2D eigenvalue weighted by Crippen LogP contribution is 2.34. The maximum absolute atomic E-state index is 13.4. The third-order valence-electron chi connectivity index (χ3n) is 3.67. The lowest BCUT2D eigenvalue weighted by atomic mass is 10.1. The zero-order chi connectivity index (χ0) is 17.3. The van der Waals surface area contributed by atoms with Gasteiger partial charge in [-0.3, -0.25) is 9.59 Å². The molecule has 1 aliphatic heterocycles. The van der Waals surface area contributed by atoms with Crippen molar-refractivity contribution in [3.05, 3.63) is 59.7 Å². The van der Waals surface area contributed by atoms with E-state index in [-0.39, 0.29) is 12.1 Å². The summed E-state index contributed by atoms with van der Waals surface area (Å²) in [6.45, 7) is -0.0619. The molecule has 0 unspecified atom stereocenters. The van der Waals surface area contributed by atoms with Crippen molar-refractivity contribution in [2.45, 2.75) is 6.10 Å². The van der Waals surface area contributed by atoms with Crippen molar-refractivity contribution in [2.24, 2.45) is 0 Å². The lowest BCUT2D eigenvalue weighted by molar-refractivity contribution is -0.127. The number of anilines is 1. The van der Waals surface area contributed by atoms with Crippen molar-refractivity contribution in [1.29, 1.82) is 0 Å². The monoisotopic (exact) mass is 332 g/mol. The number of amides is 2. The van der Waals surface area contributed by atoms with Gasteiger partial charge in [-0.05, 0) is 24.3 Å². The van der Waals surface area contributed by atoms with Crippen LogP contribution >= 0.6 is 0 Å². The molecule has 0 radical (unpaired) electrons. The van der Waals surface area contributed by atoms with E-state index in [1.165, 1.54) is 11.9 Å². The van der Waals surface area contributed by atoms with Crippen LogP contribution in [0, 0.1) is 11.6 Å². The minimum Gasteiger partial charge on any atom is -0.477 e. The second-order valence-corrected chi connectivity index (χ2v) is 5.26. The number of likely N-dealkylation sites (N-methyl/N-ethyl adjacent to an activating group) is 1. The molecule has 2 aromatic rings. The van der Waals surface area contributed by atoms with Crippen LogP contribution in [-0.2, 0) is 4.79 Å². The number of ether oxygens (including phenoxy) is 1. The van der Waals surface area contributed by atoms with Crippen LogP contribution in [0.5, 0.6) is 5.75 Å². The topological polar surface area (TPSA) is 58.6 Å². The molecule has 0 aromatic heterocycles. The SMILES string of the molecule is CNC(=O)[C@@H]1CN(C(=O)c2cc(F)cc(F)c2)c2ccccc2O1. The molecule has 124 valence electrons. The molecule has 5 nitrogen and oxygen atoms in total. The van der Waals surface area contributed by atoms with Gasteiger partial charge in [-0.2, -0.15) is 0 Å². The summed E-state index contributed by atoms with van der Waals surface area (Å²) in [6.07, 6.45) is -0.910. The number of carbonyl (C=O) groups is 2. The van der Waals surface area contributed by atoms with Crippen LogP contribution in [0.1, 0.15) is 10.4 Å². The van der Waals surface area contributed by atoms with E-state index in [1.54, 1.807) is 24.3 Å². The first-order valence-electron chi connectivity index (χ1n) is 7.25. The summed E-state index contributed by atoms with van der Waals surface area (Å²) in [5.41, 5.74) is 0.298. The minimum absolute atomic E-state index is 0.0619. The maximum atomic E-state index is 13.4. The van der Waals surface area contributed by atoms with Gasteiger partial charge in [-0.25, -0.2) is 8.78 Å². The van der Waals surface area contributed by atoms with E-state index in [0.29, 0.717) is 17.5 Å². The molecule has 1 aliphatic rings. The molecular weight excluding hydrogens is 318 g/mol. The Labute approximate surface area is 136 Å². The number of nitrogens with zero attached hydrogens (tertiary/aromatic N) is 1. The van der Waals surface area contributed by atoms with Gasteiger partial charge in [-0.1, -0.05) is 12.1 Å². The van der Waals surface area contributed by atoms with Gasteiger partial charge < -0.3 is 15.0 Å². The molecule has 2 aromatic carbocycles. The van der Waals surface area contributed by atoms with Crippen molar-refractivity contribution in [3.63, 3.8) is 0 Å². The highest BCUT2D eigenvalue weighted by atomic mass is 19.1. The van der Waals surface area contributed by atoms with E-state index >= 15 is 0 Å². The predicted molar refractivity (Wildman–Crippen MR) is 83.0 cm³/mol. The van der Waals surface area contributed by atoms with E-state index < -0.39 is 29.6 Å². The Morgan fingerprint density at radius 2 is 1.83 bits per heavy atom. The third-order valence-corrected chi connectivity index (χ3v) is 3.67. The number of fused-ring (bicyclic) bond motifs is 1. The number of hydrogen-bond acceptors (Lipinski definition) is 3. The Kier molecular flexibility index (Phi) is 4.16. The molecule has 7 heteroatoms. The Bertz CT molecular complexity index is 790. The first-order valence-corrected chi connectivity index (χ1v) is 7.25. The quantitative estimate of drug-likeness (QED) is 0.916. The molecule has 1 N–H and O–H groups in total. The molecule has 2 amide bonds. The molecule has 1 atom stereocenters. The number of halogens is 2. The van der Waals surface area contributed by atoms with E-state index in [0.717, 1.165) is 12.1 Å².